The Morgan fingerprint density at radius 3 is 2.10 bits per heavy atom. The van der Waals surface area contributed by atoms with E-state index in [2.05, 4.69) is 5.32 Å². The summed E-state index contributed by atoms with van der Waals surface area (Å²) in [5, 5.41) is 3.23. The molecule has 0 saturated heterocycles. The van der Waals surface area contributed by atoms with Crippen LogP contribution in [0, 0.1) is 0 Å². The summed E-state index contributed by atoms with van der Waals surface area (Å²) >= 11 is 0. The smallest absolute Gasteiger partial charge is 0.272 e. The zero-order valence-corrected chi connectivity index (χ0v) is 17.5. The Balaban J connectivity index is 1.70. The van der Waals surface area contributed by atoms with Gasteiger partial charge in [0.25, 0.3) is 5.91 Å². The molecule has 1 heterocycles. The van der Waals surface area contributed by atoms with Gasteiger partial charge in [-0.05, 0) is 35.4 Å². The van der Waals surface area contributed by atoms with Gasteiger partial charge in [0.15, 0.2) is 5.43 Å². The van der Waals surface area contributed by atoms with Crippen molar-refractivity contribution in [3.8, 4) is 22.6 Å². The molecule has 0 unspecified atom stereocenters. The standard InChI is InChI=1S/C25H22N2O4/c1-27-19(15-20(28)23-21(30-2)13-14-22(31-3)24(23)27)25(29)26-18-11-9-17(10-12-18)16-7-5-4-6-8-16/h4-15H,1-3H3,(H,26,29). The van der Waals surface area contributed by atoms with E-state index in [1.165, 1.54) is 20.3 Å². The number of ether oxygens (including phenoxy) is 2. The molecular weight excluding hydrogens is 392 g/mol. The van der Waals surface area contributed by atoms with E-state index in [0.717, 1.165) is 11.1 Å². The largest absolute Gasteiger partial charge is 0.496 e. The van der Waals surface area contributed by atoms with Crippen LogP contribution in [0.3, 0.4) is 0 Å². The zero-order chi connectivity index (χ0) is 22.0. The van der Waals surface area contributed by atoms with E-state index in [4.69, 9.17) is 9.47 Å². The second-order valence-corrected chi connectivity index (χ2v) is 7.04. The molecular formula is C25H22N2O4. The van der Waals surface area contributed by atoms with E-state index in [0.29, 0.717) is 28.1 Å². The molecule has 0 spiro atoms. The molecule has 6 heteroatoms. The number of hydrogen-bond donors (Lipinski definition) is 1. The van der Waals surface area contributed by atoms with Gasteiger partial charge in [0.05, 0.1) is 25.1 Å². The number of nitrogens with zero attached hydrogens (tertiary/aromatic N) is 1. The minimum atomic E-state index is -0.390. The Labute approximate surface area is 179 Å². The summed E-state index contributed by atoms with van der Waals surface area (Å²) < 4.78 is 12.4. The van der Waals surface area contributed by atoms with Crippen molar-refractivity contribution < 1.29 is 14.3 Å². The second kappa shape index (κ2) is 8.36. The molecule has 0 aliphatic heterocycles. The number of carbonyl (C=O) groups is 1. The molecule has 4 aromatic rings. The topological polar surface area (TPSA) is 69.6 Å². The number of rotatable bonds is 5. The maximum Gasteiger partial charge on any atom is 0.272 e. The molecule has 0 atom stereocenters. The van der Waals surface area contributed by atoms with Crippen molar-refractivity contribution in [1.29, 1.82) is 0 Å². The van der Waals surface area contributed by atoms with Crippen LogP contribution in [0.2, 0.25) is 0 Å². The lowest BCUT2D eigenvalue weighted by atomic mass is 10.1. The van der Waals surface area contributed by atoms with Gasteiger partial charge in [0.2, 0.25) is 0 Å². The highest BCUT2D eigenvalue weighted by atomic mass is 16.5. The summed E-state index contributed by atoms with van der Waals surface area (Å²) in [6.45, 7) is 0. The molecule has 1 N–H and O–H groups in total. The number of aromatic nitrogens is 1. The Morgan fingerprint density at radius 1 is 0.839 bits per heavy atom. The molecule has 1 aromatic heterocycles. The first kappa shape index (κ1) is 20.2. The fourth-order valence-corrected chi connectivity index (χ4v) is 3.66. The normalized spacial score (nSPS) is 10.7. The highest BCUT2D eigenvalue weighted by molar-refractivity contribution is 6.05. The summed E-state index contributed by atoms with van der Waals surface area (Å²) in [4.78, 5) is 25.8. The summed E-state index contributed by atoms with van der Waals surface area (Å²) in [5.74, 6) is 0.524. The number of anilines is 1. The minimum Gasteiger partial charge on any atom is -0.496 e. The van der Waals surface area contributed by atoms with Crippen LogP contribution in [-0.2, 0) is 7.05 Å². The van der Waals surface area contributed by atoms with Crippen molar-refractivity contribution in [3.63, 3.8) is 0 Å². The van der Waals surface area contributed by atoms with Crippen LogP contribution >= 0.6 is 0 Å². The number of pyridine rings is 1. The van der Waals surface area contributed by atoms with Crippen LogP contribution in [0.1, 0.15) is 10.5 Å². The van der Waals surface area contributed by atoms with Gasteiger partial charge in [-0.15, -0.1) is 0 Å². The SMILES string of the molecule is COc1ccc(OC)c2c1c(=O)cc(C(=O)Nc1ccc(-c3ccccc3)cc1)n2C. The molecule has 4 rings (SSSR count). The van der Waals surface area contributed by atoms with E-state index in [-0.39, 0.29) is 17.0 Å². The van der Waals surface area contributed by atoms with E-state index >= 15 is 0 Å². The van der Waals surface area contributed by atoms with Gasteiger partial charge >= 0.3 is 0 Å². The Bertz CT molecular complexity index is 1310. The van der Waals surface area contributed by atoms with Crippen LogP contribution in [-0.4, -0.2) is 24.7 Å². The molecule has 156 valence electrons. The number of hydrogen-bond acceptors (Lipinski definition) is 4. The summed E-state index contributed by atoms with van der Waals surface area (Å²) in [6.07, 6.45) is 0. The number of fused-ring (bicyclic) bond motifs is 1. The van der Waals surface area contributed by atoms with E-state index in [9.17, 15) is 9.59 Å². The molecule has 0 aliphatic carbocycles. The van der Waals surface area contributed by atoms with Crippen molar-refractivity contribution in [1.82, 2.24) is 4.57 Å². The van der Waals surface area contributed by atoms with Crippen molar-refractivity contribution in [2.24, 2.45) is 7.05 Å². The average molecular weight is 414 g/mol. The van der Waals surface area contributed by atoms with Crippen LogP contribution in [0.4, 0.5) is 5.69 Å². The van der Waals surface area contributed by atoms with Gasteiger partial charge < -0.3 is 19.4 Å². The Kier molecular flexibility index (Phi) is 5.45. The number of aryl methyl sites for hydroxylation is 1. The van der Waals surface area contributed by atoms with E-state index in [1.54, 1.807) is 23.7 Å². The first-order chi connectivity index (χ1) is 15.0. The van der Waals surface area contributed by atoms with Crippen LogP contribution in [0.5, 0.6) is 11.5 Å². The van der Waals surface area contributed by atoms with Gasteiger partial charge in [0, 0.05) is 18.8 Å². The first-order valence-electron chi connectivity index (χ1n) is 9.75. The highest BCUT2D eigenvalue weighted by Crippen LogP contribution is 2.31. The summed E-state index contributed by atoms with van der Waals surface area (Å²) in [5.41, 5.74) is 3.19. The predicted molar refractivity (Wildman–Crippen MR) is 122 cm³/mol. The lowest BCUT2D eigenvalue weighted by molar-refractivity contribution is 0.101. The fraction of sp³-hybridized carbons (Fsp3) is 0.120. The van der Waals surface area contributed by atoms with E-state index < -0.39 is 0 Å². The molecule has 0 saturated carbocycles. The van der Waals surface area contributed by atoms with Crippen molar-refractivity contribution in [3.05, 3.63) is 88.7 Å². The Morgan fingerprint density at radius 2 is 1.45 bits per heavy atom. The fourth-order valence-electron chi connectivity index (χ4n) is 3.66. The maximum absolute atomic E-state index is 13.0. The third-order valence-electron chi connectivity index (χ3n) is 5.24. The lowest BCUT2D eigenvalue weighted by Crippen LogP contribution is -2.22. The van der Waals surface area contributed by atoms with Gasteiger partial charge in [-0.1, -0.05) is 42.5 Å². The maximum atomic E-state index is 13.0. The molecule has 0 fully saturated rings. The third kappa shape index (κ3) is 3.75. The Hall–Kier alpha value is -4.06. The number of carbonyl (C=O) groups excluding carboxylic acids is 1. The minimum absolute atomic E-state index is 0.219. The molecule has 31 heavy (non-hydrogen) atoms. The molecule has 1 amide bonds. The average Bonchev–Trinajstić information content (AvgIpc) is 2.81. The lowest BCUT2D eigenvalue weighted by Gasteiger charge is -2.16. The quantitative estimate of drug-likeness (QED) is 0.523. The molecule has 0 radical (unpaired) electrons. The van der Waals surface area contributed by atoms with Crippen molar-refractivity contribution in [2.45, 2.75) is 0 Å². The molecule has 3 aromatic carbocycles. The van der Waals surface area contributed by atoms with Gasteiger partial charge in [0.1, 0.15) is 17.2 Å². The van der Waals surface area contributed by atoms with Crippen LogP contribution in [0.25, 0.3) is 22.0 Å². The monoisotopic (exact) mass is 414 g/mol. The second-order valence-electron chi connectivity index (χ2n) is 7.04. The van der Waals surface area contributed by atoms with Crippen LogP contribution < -0.4 is 20.2 Å². The molecule has 0 aliphatic rings. The summed E-state index contributed by atoms with van der Waals surface area (Å²) in [6, 6.07) is 22.3. The van der Waals surface area contributed by atoms with Gasteiger partial charge in [-0.25, -0.2) is 0 Å². The predicted octanol–water partition coefficient (Wildman–Crippen LogP) is 4.48. The third-order valence-corrected chi connectivity index (χ3v) is 5.24. The van der Waals surface area contributed by atoms with Crippen LogP contribution in [0.15, 0.2) is 77.6 Å². The van der Waals surface area contributed by atoms with Crippen molar-refractivity contribution in [2.75, 3.05) is 19.5 Å². The zero-order valence-electron chi connectivity index (χ0n) is 17.5. The number of methoxy groups -OCH3 is 2. The highest BCUT2D eigenvalue weighted by Gasteiger charge is 2.19. The number of amides is 1. The van der Waals surface area contributed by atoms with E-state index in [1.807, 2.05) is 54.6 Å². The van der Waals surface area contributed by atoms with Gasteiger partial charge in [-0.2, -0.15) is 0 Å². The number of nitrogens with one attached hydrogen (secondary N) is 1. The van der Waals surface area contributed by atoms with Gasteiger partial charge in [-0.3, -0.25) is 9.59 Å². The summed E-state index contributed by atoms with van der Waals surface area (Å²) in [7, 11) is 4.74. The molecule has 0 bridgehead atoms. The van der Waals surface area contributed by atoms with Crippen molar-refractivity contribution >= 4 is 22.5 Å². The first-order valence-corrected chi connectivity index (χ1v) is 9.75. The molecule has 6 nitrogen and oxygen atoms in total. The number of benzene rings is 3.